The Morgan fingerprint density at radius 2 is 2.21 bits per heavy atom. The summed E-state index contributed by atoms with van der Waals surface area (Å²) in [5, 5.41) is 6.44. The van der Waals surface area contributed by atoms with Crippen LogP contribution in [0.3, 0.4) is 0 Å². The van der Waals surface area contributed by atoms with Crippen molar-refractivity contribution in [1.29, 1.82) is 0 Å². The molecule has 1 saturated heterocycles. The van der Waals surface area contributed by atoms with E-state index in [-0.39, 0.29) is 11.9 Å². The molecule has 19 heavy (non-hydrogen) atoms. The lowest BCUT2D eigenvalue weighted by atomic mass is 9.85. The summed E-state index contributed by atoms with van der Waals surface area (Å²) in [4.78, 5) is 12.0. The Hall–Kier alpha value is -0.870. The van der Waals surface area contributed by atoms with Crippen LogP contribution >= 0.6 is 0 Å². The molecular weight excluding hydrogens is 240 g/mol. The van der Waals surface area contributed by atoms with E-state index in [9.17, 15) is 4.79 Å². The van der Waals surface area contributed by atoms with Crippen molar-refractivity contribution in [2.24, 2.45) is 5.92 Å². The normalized spacial score (nSPS) is 29.8. The van der Waals surface area contributed by atoms with E-state index in [1.165, 1.54) is 25.7 Å². The Balaban J connectivity index is 1.62. The zero-order chi connectivity index (χ0) is 13.7. The summed E-state index contributed by atoms with van der Waals surface area (Å²) in [5.41, 5.74) is 1.01. The maximum atomic E-state index is 12.0. The van der Waals surface area contributed by atoms with Gasteiger partial charge in [-0.1, -0.05) is 25.0 Å². The van der Waals surface area contributed by atoms with Gasteiger partial charge >= 0.3 is 0 Å². The molecule has 2 aliphatic rings. The van der Waals surface area contributed by atoms with E-state index in [4.69, 9.17) is 4.74 Å². The highest BCUT2D eigenvalue weighted by Crippen LogP contribution is 2.33. The molecule has 1 saturated carbocycles. The van der Waals surface area contributed by atoms with Gasteiger partial charge in [0.15, 0.2) is 0 Å². The van der Waals surface area contributed by atoms with E-state index in [0.717, 1.165) is 12.0 Å². The van der Waals surface area contributed by atoms with Gasteiger partial charge in [0, 0.05) is 12.6 Å². The Kier molecular flexibility index (Phi) is 5.40. The average molecular weight is 266 g/mol. The lowest BCUT2D eigenvalue weighted by Crippen LogP contribution is -2.44. The molecule has 2 N–H and O–H groups in total. The largest absolute Gasteiger partial charge is 0.375 e. The van der Waals surface area contributed by atoms with Crippen molar-refractivity contribution in [2.45, 2.75) is 51.1 Å². The second-order valence-corrected chi connectivity index (χ2v) is 5.91. The van der Waals surface area contributed by atoms with Crippen LogP contribution in [0.1, 0.15) is 39.0 Å². The van der Waals surface area contributed by atoms with E-state index < -0.39 is 0 Å². The van der Waals surface area contributed by atoms with Gasteiger partial charge < -0.3 is 15.4 Å². The topological polar surface area (TPSA) is 50.4 Å². The molecule has 108 valence electrons. The van der Waals surface area contributed by atoms with Crippen molar-refractivity contribution in [1.82, 2.24) is 10.6 Å². The molecule has 1 amide bonds. The lowest BCUT2D eigenvalue weighted by molar-refractivity contribution is -0.123. The van der Waals surface area contributed by atoms with Gasteiger partial charge in [-0.15, -0.1) is 0 Å². The highest BCUT2D eigenvalue weighted by molar-refractivity contribution is 5.82. The summed E-state index contributed by atoms with van der Waals surface area (Å²) < 4.78 is 5.37. The molecule has 0 aromatic carbocycles. The first-order valence-electron chi connectivity index (χ1n) is 7.42. The molecule has 3 atom stereocenters. The number of rotatable bonds is 6. The minimum Gasteiger partial charge on any atom is -0.375 e. The molecule has 1 aliphatic carbocycles. The van der Waals surface area contributed by atoms with Gasteiger partial charge in [0.05, 0.1) is 19.3 Å². The van der Waals surface area contributed by atoms with Gasteiger partial charge in [-0.3, -0.25) is 4.79 Å². The first-order valence-corrected chi connectivity index (χ1v) is 7.42. The first-order chi connectivity index (χ1) is 9.16. The van der Waals surface area contributed by atoms with Gasteiger partial charge in [0.1, 0.15) is 0 Å². The van der Waals surface area contributed by atoms with Crippen LogP contribution in [0.5, 0.6) is 0 Å². The SMILES string of the molecule is C=C(C)COCCNC(=O)C1CC2CCCCC2N1. The predicted octanol–water partition coefficient (Wildman–Crippen LogP) is 1.62. The lowest BCUT2D eigenvalue weighted by Gasteiger charge is -2.24. The van der Waals surface area contributed by atoms with Crippen LogP contribution in [-0.2, 0) is 9.53 Å². The van der Waals surface area contributed by atoms with Crippen LogP contribution in [0.2, 0.25) is 0 Å². The third-order valence-electron chi connectivity index (χ3n) is 4.07. The number of nitrogens with one attached hydrogen (secondary N) is 2. The van der Waals surface area contributed by atoms with Crippen LogP contribution in [-0.4, -0.2) is 37.7 Å². The smallest absolute Gasteiger partial charge is 0.237 e. The summed E-state index contributed by atoms with van der Waals surface area (Å²) in [5.74, 6) is 0.845. The van der Waals surface area contributed by atoms with Crippen molar-refractivity contribution in [3.63, 3.8) is 0 Å². The maximum absolute atomic E-state index is 12.0. The minimum atomic E-state index is 0.00856. The second kappa shape index (κ2) is 7.06. The van der Waals surface area contributed by atoms with Crippen molar-refractivity contribution in [2.75, 3.05) is 19.8 Å². The second-order valence-electron chi connectivity index (χ2n) is 5.91. The molecule has 4 nitrogen and oxygen atoms in total. The van der Waals surface area contributed by atoms with Crippen molar-refractivity contribution in [3.8, 4) is 0 Å². The summed E-state index contributed by atoms with van der Waals surface area (Å²) in [7, 11) is 0. The Morgan fingerprint density at radius 1 is 1.42 bits per heavy atom. The highest BCUT2D eigenvalue weighted by Gasteiger charge is 2.37. The van der Waals surface area contributed by atoms with Crippen LogP contribution in [0.25, 0.3) is 0 Å². The maximum Gasteiger partial charge on any atom is 0.237 e. The number of hydrogen-bond donors (Lipinski definition) is 2. The fourth-order valence-electron chi connectivity index (χ4n) is 3.14. The summed E-state index contributed by atoms with van der Waals surface area (Å²) >= 11 is 0. The summed E-state index contributed by atoms with van der Waals surface area (Å²) in [6.07, 6.45) is 6.14. The third-order valence-corrected chi connectivity index (χ3v) is 4.07. The quantitative estimate of drug-likeness (QED) is 0.567. The molecule has 2 fully saturated rings. The zero-order valence-corrected chi connectivity index (χ0v) is 11.9. The standard InChI is InChI=1S/C15H26N2O2/c1-11(2)10-19-8-7-16-15(18)14-9-12-5-3-4-6-13(12)17-14/h12-14,17H,1,3-10H2,2H3,(H,16,18). The third kappa shape index (κ3) is 4.32. The number of carbonyl (C=O) groups excluding carboxylic acids is 1. The highest BCUT2D eigenvalue weighted by atomic mass is 16.5. The van der Waals surface area contributed by atoms with Gasteiger partial charge in [0.2, 0.25) is 5.91 Å². The van der Waals surface area contributed by atoms with Crippen LogP contribution in [0.4, 0.5) is 0 Å². The summed E-state index contributed by atoms with van der Waals surface area (Å²) in [6, 6.07) is 0.582. The van der Waals surface area contributed by atoms with E-state index in [0.29, 0.717) is 31.7 Å². The van der Waals surface area contributed by atoms with E-state index >= 15 is 0 Å². The zero-order valence-electron chi connectivity index (χ0n) is 11.9. The number of ether oxygens (including phenoxy) is 1. The first kappa shape index (κ1) is 14.5. The molecule has 4 heteroatoms. The Morgan fingerprint density at radius 3 is 2.95 bits per heavy atom. The summed E-state index contributed by atoms with van der Waals surface area (Å²) in [6.45, 7) is 7.41. The van der Waals surface area contributed by atoms with Crippen LogP contribution in [0.15, 0.2) is 12.2 Å². The van der Waals surface area contributed by atoms with Crippen LogP contribution in [0, 0.1) is 5.92 Å². The molecular formula is C15H26N2O2. The van der Waals surface area contributed by atoms with E-state index in [2.05, 4.69) is 17.2 Å². The van der Waals surface area contributed by atoms with Gasteiger partial charge in [-0.2, -0.15) is 0 Å². The van der Waals surface area contributed by atoms with Crippen LogP contribution < -0.4 is 10.6 Å². The predicted molar refractivity (Wildman–Crippen MR) is 75.9 cm³/mol. The van der Waals surface area contributed by atoms with E-state index in [1.807, 2.05) is 6.92 Å². The molecule has 3 unspecified atom stereocenters. The Labute approximate surface area is 116 Å². The number of carbonyl (C=O) groups is 1. The van der Waals surface area contributed by atoms with Gasteiger partial charge in [-0.25, -0.2) is 0 Å². The molecule has 0 aromatic rings. The van der Waals surface area contributed by atoms with E-state index in [1.54, 1.807) is 0 Å². The van der Waals surface area contributed by atoms with Gasteiger partial charge in [0.25, 0.3) is 0 Å². The number of hydrogen-bond acceptors (Lipinski definition) is 3. The number of amides is 1. The minimum absolute atomic E-state index is 0.00856. The molecule has 0 spiro atoms. The fourth-order valence-corrected chi connectivity index (χ4v) is 3.14. The molecule has 1 heterocycles. The van der Waals surface area contributed by atoms with Gasteiger partial charge in [-0.05, 0) is 32.1 Å². The average Bonchev–Trinajstić information content (AvgIpc) is 2.81. The monoisotopic (exact) mass is 266 g/mol. The molecule has 1 aliphatic heterocycles. The number of fused-ring (bicyclic) bond motifs is 1. The fraction of sp³-hybridized carbons (Fsp3) is 0.800. The van der Waals surface area contributed by atoms with Crippen molar-refractivity contribution < 1.29 is 9.53 Å². The van der Waals surface area contributed by atoms with Crippen molar-refractivity contribution >= 4 is 5.91 Å². The molecule has 2 rings (SSSR count). The molecule has 0 bridgehead atoms. The Bertz CT molecular complexity index is 316. The van der Waals surface area contributed by atoms with Crippen molar-refractivity contribution in [3.05, 3.63) is 12.2 Å². The molecule has 0 radical (unpaired) electrons. The molecule has 0 aromatic heterocycles.